The molecule has 2 rings (SSSR count). The second-order valence-electron chi connectivity index (χ2n) is 4.72. The number of pyridine rings is 1. The van der Waals surface area contributed by atoms with Gasteiger partial charge in [0, 0.05) is 19.2 Å². The molecule has 2 aromatic rings. The molecule has 5 nitrogen and oxygen atoms in total. The summed E-state index contributed by atoms with van der Waals surface area (Å²) in [7, 11) is 0. The quantitative estimate of drug-likeness (QED) is 0.470. The number of carbonyl (C=O) groups excluding carboxylic acids is 1. The number of benzene rings is 1. The van der Waals surface area contributed by atoms with Crippen molar-refractivity contribution in [3.8, 4) is 0 Å². The number of amides is 1. The summed E-state index contributed by atoms with van der Waals surface area (Å²) in [5.74, 6) is -0.417. The molecule has 22 heavy (non-hydrogen) atoms. The van der Waals surface area contributed by atoms with Crippen LogP contribution in [0.25, 0.3) is 0 Å². The normalized spacial score (nSPS) is 11.3. The number of rotatable bonds is 5. The summed E-state index contributed by atoms with van der Waals surface area (Å²) < 4.78 is 1.38. The minimum atomic E-state index is -0.349. The maximum absolute atomic E-state index is 12.3. The Balaban J connectivity index is 2.27. The van der Waals surface area contributed by atoms with Crippen LogP contribution in [-0.4, -0.2) is 29.8 Å². The summed E-state index contributed by atoms with van der Waals surface area (Å²) >= 11 is 0. The molecule has 0 saturated heterocycles. The standard InChI is InChI=1S/C17H19N3O2/c1-3-19(4-2)17(22)15-11-8-12-20(13-15)18-16(21)14-9-6-5-7-10-14/h5-13H,3-4H2,1-2H3. The lowest BCUT2D eigenvalue weighted by Crippen LogP contribution is -2.36. The Morgan fingerprint density at radius 2 is 1.73 bits per heavy atom. The fourth-order valence-electron chi connectivity index (χ4n) is 2.09. The Hall–Kier alpha value is -2.69. The van der Waals surface area contributed by atoms with Crippen LogP contribution in [0.3, 0.4) is 0 Å². The maximum Gasteiger partial charge on any atom is 0.260 e. The molecule has 0 spiro atoms. The molecule has 1 aromatic carbocycles. The van der Waals surface area contributed by atoms with E-state index in [4.69, 9.17) is 0 Å². The maximum atomic E-state index is 12.3. The molecule has 0 aliphatic heterocycles. The second-order valence-corrected chi connectivity index (χ2v) is 4.72. The van der Waals surface area contributed by atoms with Gasteiger partial charge in [0.1, 0.15) is 5.56 Å². The zero-order chi connectivity index (χ0) is 15.9. The van der Waals surface area contributed by atoms with Crippen molar-refractivity contribution in [1.29, 1.82) is 0 Å². The summed E-state index contributed by atoms with van der Waals surface area (Å²) in [6.45, 7) is 5.15. The lowest BCUT2D eigenvalue weighted by Gasteiger charge is -2.17. The van der Waals surface area contributed by atoms with E-state index < -0.39 is 0 Å². The van der Waals surface area contributed by atoms with Crippen LogP contribution in [0.2, 0.25) is 0 Å². The lowest BCUT2D eigenvalue weighted by atomic mass is 10.2. The van der Waals surface area contributed by atoms with Crippen LogP contribution in [-0.2, 0) is 0 Å². The van der Waals surface area contributed by atoms with Crippen LogP contribution in [0, 0.1) is 0 Å². The molecule has 0 saturated carbocycles. The van der Waals surface area contributed by atoms with Crippen molar-refractivity contribution in [3.63, 3.8) is 0 Å². The molecule has 0 aliphatic rings. The number of hydrogen-bond acceptors (Lipinski definition) is 3. The van der Waals surface area contributed by atoms with Gasteiger partial charge in [-0.3, -0.25) is 4.79 Å². The van der Waals surface area contributed by atoms with Gasteiger partial charge in [-0.15, -0.1) is 0 Å². The predicted molar refractivity (Wildman–Crippen MR) is 82.3 cm³/mol. The van der Waals surface area contributed by atoms with E-state index in [1.54, 1.807) is 53.7 Å². The molecule has 5 heteroatoms. The van der Waals surface area contributed by atoms with Gasteiger partial charge in [-0.25, -0.2) is 0 Å². The van der Waals surface area contributed by atoms with Gasteiger partial charge >= 0.3 is 0 Å². The van der Waals surface area contributed by atoms with Crippen molar-refractivity contribution >= 4 is 11.8 Å². The molecular weight excluding hydrogens is 278 g/mol. The van der Waals surface area contributed by atoms with E-state index in [0.717, 1.165) is 0 Å². The predicted octanol–water partition coefficient (Wildman–Crippen LogP) is 1.03. The number of carbonyl (C=O) groups is 1. The monoisotopic (exact) mass is 297 g/mol. The van der Waals surface area contributed by atoms with E-state index in [1.807, 2.05) is 19.9 Å². The third-order valence-electron chi connectivity index (χ3n) is 3.31. The van der Waals surface area contributed by atoms with E-state index in [1.165, 1.54) is 4.68 Å². The summed E-state index contributed by atoms with van der Waals surface area (Å²) in [5, 5.41) is 16.0. The highest BCUT2D eigenvalue weighted by molar-refractivity contribution is 5.93. The van der Waals surface area contributed by atoms with E-state index in [0.29, 0.717) is 24.2 Å². The highest BCUT2D eigenvalue weighted by atomic mass is 16.3. The first-order valence-electron chi connectivity index (χ1n) is 7.27. The van der Waals surface area contributed by atoms with Crippen LogP contribution in [0.5, 0.6) is 0 Å². The second kappa shape index (κ2) is 7.36. The minimum Gasteiger partial charge on any atom is -0.854 e. The molecule has 0 bridgehead atoms. The first-order chi connectivity index (χ1) is 10.7. The largest absolute Gasteiger partial charge is 0.854 e. The van der Waals surface area contributed by atoms with Crippen molar-refractivity contribution in [2.45, 2.75) is 13.8 Å². The van der Waals surface area contributed by atoms with Crippen molar-refractivity contribution in [3.05, 3.63) is 66.0 Å². The highest BCUT2D eigenvalue weighted by Crippen LogP contribution is 2.02. The van der Waals surface area contributed by atoms with Crippen LogP contribution < -0.4 is 9.78 Å². The van der Waals surface area contributed by atoms with Crippen LogP contribution >= 0.6 is 0 Å². The Morgan fingerprint density at radius 1 is 1.09 bits per heavy atom. The number of aromatic nitrogens is 1. The van der Waals surface area contributed by atoms with Crippen LogP contribution in [0.4, 0.5) is 0 Å². The Bertz CT molecular complexity index is 665. The van der Waals surface area contributed by atoms with E-state index in [-0.39, 0.29) is 11.8 Å². The van der Waals surface area contributed by atoms with Gasteiger partial charge in [0.05, 0.1) is 5.90 Å². The van der Waals surface area contributed by atoms with E-state index >= 15 is 0 Å². The molecule has 0 fully saturated rings. The summed E-state index contributed by atoms with van der Waals surface area (Å²) in [5.41, 5.74) is 1.02. The molecule has 0 unspecified atom stereocenters. The molecule has 1 aromatic heterocycles. The van der Waals surface area contributed by atoms with Gasteiger partial charge in [-0.2, -0.15) is 0 Å². The molecule has 1 amide bonds. The Labute approximate surface area is 130 Å². The zero-order valence-corrected chi connectivity index (χ0v) is 12.8. The van der Waals surface area contributed by atoms with E-state index in [2.05, 4.69) is 5.10 Å². The topological polar surface area (TPSA) is 59.6 Å². The smallest absolute Gasteiger partial charge is 0.260 e. The molecule has 0 atom stereocenters. The lowest BCUT2D eigenvalue weighted by molar-refractivity contribution is -0.681. The van der Waals surface area contributed by atoms with Gasteiger partial charge in [0.15, 0.2) is 0 Å². The minimum absolute atomic E-state index is 0.0679. The fourth-order valence-corrected chi connectivity index (χ4v) is 2.09. The fraction of sp³-hybridized carbons (Fsp3) is 0.235. The summed E-state index contributed by atoms with van der Waals surface area (Å²) in [6, 6.07) is 12.3. The first-order valence-corrected chi connectivity index (χ1v) is 7.27. The Kier molecular flexibility index (Phi) is 5.25. The third-order valence-corrected chi connectivity index (χ3v) is 3.31. The van der Waals surface area contributed by atoms with Gasteiger partial charge < -0.3 is 10.0 Å². The summed E-state index contributed by atoms with van der Waals surface area (Å²) in [6.07, 6.45) is 3.21. The van der Waals surface area contributed by atoms with Crippen molar-refractivity contribution in [2.24, 2.45) is 5.10 Å². The van der Waals surface area contributed by atoms with E-state index in [9.17, 15) is 9.90 Å². The molecule has 1 heterocycles. The SMILES string of the molecule is CCN(CC)C(=O)c1ccc[n+](/N=C(\[O-])c2ccccc2)c1. The average Bonchev–Trinajstić information content (AvgIpc) is 2.57. The summed E-state index contributed by atoms with van der Waals surface area (Å²) in [4.78, 5) is 14.0. The van der Waals surface area contributed by atoms with Gasteiger partial charge in [0.25, 0.3) is 5.91 Å². The molecule has 114 valence electrons. The first kappa shape index (κ1) is 15.7. The van der Waals surface area contributed by atoms with Crippen LogP contribution in [0.1, 0.15) is 29.8 Å². The third kappa shape index (κ3) is 3.69. The van der Waals surface area contributed by atoms with Gasteiger partial charge in [-0.1, -0.05) is 35.0 Å². The highest BCUT2D eigenvalue weighted by Gasteiger charge is 2.15. The molecule has 0 radical (unpaired) electrons. The van der Waals surface area contributed by atoms with Crippen molar-refractivity contribution < 1.29 is 14.6 Å². The van der Waals surface area contributed by atoms with Gasteiger partial charge in [-0.05, 0) is 30.6 Å². The van der Waals surface area contributed by atoms with Crippen molar-refractivity contribution in [2.75, 3.05) is 13.1 Å². The number of hydrogen-bond donors (Lipinski definition) is 0. The van der Waals surface area contributed by atoms with Crippen LogP contribution in [0.15, 0.2) is 60.0 Å². The number of nitrogens with zero attached hydrogens (tertiary/aromatic N) is 3. The average molecular weight is 297 g/mol. The molecule has 0 N–H and O–H groups in total. The molecular formula is C17H19N3O2. The Morgan fingerprint density at radius 3 is 2.36 bits per heavy atom. The van der Waals surface area contributed by atoms with Crippen molar-refractivity contribution in [1.82, 2.24) is 4.90 Å². The van der Waals surface area contributed by atoms with Gasteiger partial charge in [0.2, 0.25) is 12.4 Å². The zero-order valence-electron chi connectivity index (χ0n) is 12.8. The molecule has 0 aliphatic carbocycles.